The van der Waals surface area contributed by atoms with Gasteiger partial charge >= 0.3 is 0 Å². The molecule has 0 spiro atoms. The molecule has 0 atom stereocenters. The van der Waals surface area contributed by atoms with Crippen molar-refractivity contribution in [1.29, 1.82) is 0 Å². The zero-order valence-corrected chi connectivity index (χ0v) is 16.9. The quantitative estimate of drug-likeness (QED) is 0.414. The van der Waals surface area contributed by atoms with E-state index in [0.29, 0.717) is 25.2 Å². The van der Waals surface area contributed by atoms with E-state index in [1.807, 2.05) is 48.3 Å². The molecule has 0 unspecified atom stereocenters. The number of guanidine groups is 1. The van der Waals surface area contributed by atoms with E-state index in [2.05, 4.69) is 15.6 Å². The molecule has 28 heavy (non-hydrogen) atoms. The molecular formula is C21H28N4O3. The second-order valence-electron chi connectivity index (χ2n) is 6.13. The topological polar surface area (TPSA) is 75.2 Å². The number of nitrogens with zero attached hydrogens (tertiary/aromatic N) is 2. The summed E-state index contributed by atoms with van der Waals surface area (Å²) >= 11 is 0. The Morgan fingerprint density at radius 1 is 1.04 bits per heavy atom. The molecule has 0 aliphatic carbocycles. The standard InChI is InChI=1S/C21H28N4O3/c1-22-21(24-13-12-23-20(26)16-8-6-5-7-9-16)25(2)15-17-10-11-18(27-3)14-19(17)28-4/h5-11,14H,12-13,15H2,1-4H3,(H,22,24)(H,23,26). The third kappa shape index (κ3) is 5.90. The van der Waals surface area contributed by atoms with Gasteiger partial charge in [-0.3, -0.25) is 9.79 Å². The molecule has 2 aromatic carbocycles. The highest BCUT2D eigenvalue weighted by Crippen LogP contribution is 2.25. The number of carbonyl (C=O) groups is 1. The smallest absolute Gasteiger partial charge is 0.251 e. The van der Waals surface area contributed by atoms with E-state index in [1.54, 1.807) is 33.4 Å². The maximum Gasteiger partial charge on any atom is 0.251 e. The average Bonchev–Trinajstić information content (AvgIpc) is 2.74. The molecule has 0 saturated heterocycles. The maximum absolute atomic E-state index is 12.1. The molecule has 7 nitrogen and oxygen atoms in total. The van der Waals surface area contributed by atoms with Gasteiger partial charge in [0, 0.05) is 50.9 Å². The molecule has 0 aromatic heterocycles. The highest BCUT2D eigenvalue weighted by atomic mass is 16.5. The van der Waals surface area contributed by atoms with E-state index in [1.165, 1.54) is 0 Å². The molecule has 1 amide bonds. The van der Waals surface area contributed by atoms with Gasteiger partial charge in [-0.15, -0.1) is 0 Å². The molecule has 0 saturated carbocycles. The Balaban J connectivity index is 1.85. The van der Waals surface area contributed by atoms with E-state index < -0.39 is 0 Å². The van der Waals surface area contributed by atoms with Crippen molar-refractivity contribution in [3.63, 3.8) is 0 Å². The van der Waals surface area contributed by atoms with E-state index in [9.17, 15) is 4.79 Å². The second kappa shape index (κ2) is 10.8. The van der Waals surface area contributed by atoms with Crippen LogP contribution in [0, 0.1) is 0 Å². The van der Waals surface area contributed by atoms with Gasteiger partial charge < -0.3 is 25.0 Å². The molecule has 2 N–H and O–H groups in total. The van der Waals surface area contributed by atoms with Crippen LogP contribution in [0.2, 0.25) is 0 Å². The maximum atomic E-state index is 12.1. The lowest BCUT2D eigenvalue weighted by atomic mass is 10.2. The Labute approximate surface area is 166 Å². The van der Waals surface area contributed by atoms with Crippen molar-refractivity contribution in [3.05, 3.63) is 59.7 Å². The van der Waals surface area contributed by atoms with Crippen molar-refractivity contribution < 1.29 is 14.3 Å². The third-order valence-corrected chi connectivity index (χ3v) is 4.20. The lowest BCUT2D eigenvalue weighted by Crippen LogP contribution is -2.42. The van der Waals surface area contributed by atoms with Gasteiger partial charge in [0.25, 0.3) is 5.91 Å². The Morgan fingerprint density at radius 2 is 1.75 bits per heavy atom. The van der Waals surface area contributed by atoms with E-state index in [4.69, 9.17) is 9.47 Å². The molecule has 150 valence electrons. The number of hydrogen-bond donors (Lipinski definition) is 2. The average molecular weight is 384 g/mol. The summed E-state index contributed by atoms with van der Waals surface area (Å²) in [5.41, 5.74) is 1.67. The van der Waals surface area contributed by atoms with Crippen LogP contribution >= 0.6 is 0 Å². The summed E-state index contributed by atoms with van der Waals surface area (Å²) in [7, 11) is 6.94. The van der Waals surface area contributed by atoms with Crippen LogP contribution < -0.4 is 20.1 Å². The predicted molar refractivity (Wildman–Crippen MR) is 111 cm³/mol. The first-order valence-corrected chi connectivity index (χ1v) is 9.05. The van der Waals surface area contributed by atoms with Gasteiger partial charge in [0.15, 0.2) is 5.96 Å². The summed E-state index contributed by atoms with van der Waals surface area (Å²) in [5, 5.41) is 6.14. The molecular weight excluding hydrogens is 356 g/mol. The van der Waals surface area contributed by atoms with Crippen molar-refractivity contribution in [2.45, 2.75) is 6.54 Å². The lowest BCUT2D eigenvalue weighted by Gasteiger charge is -2.23. The monoisotopic (exact) mass is 384 g/mol. The first kappa shape index (κ1) is 21.1. The highest BCUT2D eigenvalue weighted by Gasteiger charge is 2.11. The zero-order valence-electron chi connectivity index (χ0n) is 16.9. The SMILES string of the molecule is CN=C(NCCNC(=O)c1ccccc1)N(C)Cc1ccc(OC)cc1OC. The van der Waals surface area contributed by atoms with E-state index >= 15 is 0 Å². The second-order valence-corrected chi connectivity index (χ2v) is 6.13. The number of carbonyl (C=O) groups excluding carboxylic acids is 1. The minimum Gasteiger partial charge on any atom is -0.497 e. The number of aliphatic imine (C=N–C) groups is 1. The van der Waals surface area contributed by atoms with Crippen molar-refractivity contribution in [2.24, 2.45) is 4.99 Å². The van der Waals surface area contributed by atoms with Crippen LogP contribution in [-0.4, -0.2) is 58.2 Å². The van der Waals surface area contributed by atoms with Gasteiger partial charge in [0.1, 0.15) is 11.5 Å². The van der Waals surface area contributed by atoms with Gasteiger partial charge in [0.2, 0.25) is 0 Å². The summed E-state index contributed by atoms with van der Waals surface area (Å²) in [6.45, 7) is 1.67. The normalized spacial score (nSPS) is 10.9. The van der Waals surface area contributed by atoms with Crippen LogP contribution in [0.15, 0.2) is 53.5 Å². The van der Waals surface area contributed by atoms with Crippen molar-refractivity contribution in [3.8, 4) is 11.5 Å². The van der Waals surface area contributed by atoms with Crippen molar-refractivity contribution in [1.82, 2.24) is 15.5 Å². The van der Waals surface area contributed by atoms with Crippen molar-refractivity contribution in [2.75, 3.05) is 41.4 Å². The molecule has 0 bridgehead atoms. The number of rotatable bonds is 8. The molecule has 0 radical (unpaired) electrons. The largest absolute Gasteiger partial charge is 0.497 e. The first-order valence-electron chi connectivity index (χ1n) is 9.05. The van der Waals surface area contributed by atoms with Crippen molar-refractivity contribution >= 4 is 11.9 Å². The molecule has 0 aliphatic rings. The summed E-state index contributed by atoms with van der Waals surface area (Å²) in [5.74, 6) is 2.15. The summed E-state index contributed by atoms with van der Waals surface area (Å²) in [6.07, 6.45) is 0. The fraction of sp³-hybridized carbons (Fsp3) is 0.333. The van der Waals surface area contributed by atoms with Crippen LogP contribution in [0.25, 0.3) is 0 Å². The van der Waals surface area contributed by atoms with Crippen LogP contribution in [-0.2, 0) is 6.54 Å². The third-order valence-electron chi connectivity index (χ3n) is 4.20. The Morgan fingerprint density at radius 3 is 2.39 bits per heavy atom. The molecule has 2 aromatic rings. The predicted octanol–water partition coefficient (Wildman–Crippen LogP) is 2.14. The van der Waals surface area contributed by atoms with Gasteiger partial charge in [0.05, 0.1) is 14.2 Å². The lowest BCUT2D eigenvalue weighted by molar-refractivity contribution is 0.0954. The number of amides is 1. The number of ether oxygens (including phenoxy) is 2. The summed E-state index contributed by atoms with van der Waals surface area (Å²) < 4.78 is 10.7. The molecule has 0 aliphatic heterocycles. The van der Waals surface area contributed by atoms with Crippen LogP contribution in [0.1, 0.15) is 15.9 Å². The molecule has 0 fully saturated rings. The summed E-state index contributed by atoms with van der Waals surface area (Å²) in [6, 6.07) is 14.9. The number of methoxy groups -OCH3 is 2. The number of hydrogen-bond acceptors (Lipinski definition) is 4. The first-order chi connectivity index (χ1) is 13.6. The molecule has 0 heterocycles. The van der Waals surface area contributed by atoms with Crippen LogP contribution in [0.4, 0.5) is 0 Å². The molecule has 2 rings (SSSR count). The van der Waals surface area contributed by atoms with E-state index in [-0.39, 0.29) is 5.91 Å². The molecule has 7 heteroatoms. The minimum absolute atomic E-state index is 0.0892. The Bertz CT molecular complexity index is 793. The van der Waals surface area contributed by atoms with Gasteiger partial charge in [-0.05, 0) is 24.3 Å². The van der Waals surface area contributed by atoms with Gasteiger partial charge in [-0.2, -0.15) is 0 Å². The van der Waals surface area contributed by atoms with Crippen LogP contribution in [0.5, 0.6) is 11.5 Å². The van der Waals surface area contributed by atoms with Crippen LogP contribution in [0.3, 0.4) is 0 Å². The number of nitrogens with one attached hydrogen (secondary N) is 2. The van der Waals surface area contributed by atoms with Gasteiger partial charge in [-0.1, -0.05) is 18.2 Å². The minimum atomic E-state index is -0.0892. The fourth-order valence-electron chi connectivity index (χ4n) is 2.74. The highest BCUT2D eigenvalue weighted by molar-refractivity contribution is 5.94. The number of benzene rings is 2. The zero-order chi connectivity index (χ0) is 20.4. The van der Waals surface area contributed by atoms with E-state index in [0.717, 1.165) is 23.0 Å². The Hall–Kier alpha value is -3.22. The summed E-state index contributed by atoms with van der Waals surface area (Å²) in [4.78, 5) is 18.3. The fourth-order valence-corrected chi connectivity index (χ4v) is 2.74. The van der Waals surface area contributed by atoms with Gasteiger partial charge in [-0.25, -0.2) is 0 Å². The Kier molecular flexibility index (Phi) is 8.14.